The van der Waals surface area contributed by atoms with Crippen LogP contribution in [-0.4, -0.2) is 43.3 Å². The number of aliphatic hydroxyl groups is 1. The molecule has 1 aliphatic rings. The molecule has 1 heterocycles. The molecule has 1 aromatic heterocycles. The number of anilines is 1. The number of hydrogen-bond acceptors (Lipinski definition) is 6. The molecule has 0 radical (unpaired) electrons. The summed E-state index contributed by atoms with van der Waals surface area (Å²) in [5.74, 6) is 0.105. The molecule has 2 rings (SSSR count). The number of fused-ring (bicyclic) bond motifs is 1. The Bertz CT molecular complexity index is 585. The molecule has 0 saturated heterocycles. The van der Waals surface area contributed by atoms with Crippen LogP contribution in [0.25, 0.3) is 0 Å². The van der Waals surface area contributed by atoms with Crippen molar-refractivity contribution in [2.24, 2.45) is 5.92 Å². The predicted octanol–water partition coefficient (Wildman–Crippen LogP) is 1.96. The summed E-state index contributed by atoms with van der Waals surface area (Å²) in [5, 5.41) is 15.2. The number of ether oxygens (including phenoxy) is 1. The Morgan fingerprint density at radius 2 is 2.17 bits per heavy atom. The minimum absolute atomic E-state index is 0.0461. The maximum absolute atomic E-state index is 12.4. The molecular formula is C17H26N2O4S. The highest BCUT2D eigenvalue weighted by Gasteiger charge is 2.29. The standard InChI is InChI=1S/C17H26N2O4S/c1-3-23-17(22)15-12-5-4-11(2)10-13(12)24-16(15)19-14(21)6-7-18-8-9-20/h11,18,20H,3-10H2,1-2H3,(H,19,21). The van der Waals surface area contributed by atoms with Crippen molar-refractivity contribution in [1.82, 2.24) is 5.32 Å². The van der Waals surface area contributed by atoms with E-state index in [-0.39, 0.29) is 18.5 Å². The lowest BCUT2D eigenvalue weighted by Gasteiger charge is -2.18. The zero-order valence-corrected chi connectivity index (χ0v) is 15.1. The maximum atomic E-state index is 12.4. The second-order valence-electron chi connectivity index (χ2n) is 6.05. The van der Waals surface area contributed by atoms with Gasteiger partial charge >= 0.3 is 5.97 Å². The van der Waals surface area contributed by atoms with Crippen molar-refractivity contribution in [3.8, 4) is 0 Å². The fraction of sp³-hybridized carbons (Fsp3) is 0.647. The van der Waals surface area contributed by atoms with Gasteiger partial charge in [0.15, 0.2) is 0 Å². The highest BCUT2D eigenvalue weighted by Crippen LogP contribution is 2.40. The van der Waals surface area contributed by atoms with Gasteiger partial charge in [0, 0.05) is 24.4 Å². The number of thiophene rings is 1. The lowest BCUT2D eigenvalue weighted by atomic mass is 9.88. The quantitative estimate of drug-likeness (QED) is 0.491. The summed E-state index contributed by atoms with van der Waals surface area (Å²) in [4.78, 5) is 25.7. The average molecular weight is 354 g/mol. The van der Waals surface area contributed by atoms with Gasteiger partial charge in [-0.25, -0.2) is 4.79 Å². The van der Waals surface area contributed by atoms with E-state index in [0.717, 1.165) is 24.8 Å². The molecule has 1 unspecified atom stereocenters. The number of amides is 1. The van der Waals surface area contributed by atoms with E-state index in [4.69, 9.17) is 9.84 Å². The van der Waals surface area contributed by atoms with Crippen LogP contribution in [0.15, 0.2) is 0 Å². The van der Waals surface area contributed by atoms with Crippen LogP contribution < -0.4 is 10.6 Å². The van der Waals surface area contributed by atoms with Crippen molar-refractivity contribution >= 4 is 28.2 Å². The first-order valence-electron chi connectivity index (χ1n) is 8.49. The average Bonchev–Trinajstić information content (AvgIpc) is 2.88. The van der Waals surface area contributed by atoms with E-state index < -0.39 is 0 Å². The predicted molar refractivity (Wildman–Crippen MR) is 94.7 cm³/mol. The molecule has 24 heavy (non-hydrogen) atoms. The van der Waals surface area contributed by atoms with Gasteiger partial charge in [-0.3, -0.25) is 4.79 Å². The molecule has 0 bridgehead atoms. The molecular weight excluding hydrogens is 328 g/mol. The summed E-state index contributed by atoms with van der Waals surface area (Å²) in [6, 6.07) is 0. The van der Waals surface area contributed by atoms with Crippen LogP contribution in [0.5, 0.6) is 0 Å². The molecule has 0 aromatic carbocycles. The largest absolute Gasteiger partial charge is 0.462 e. The van der Waals surface area contributed by atoms with Crippen LogP contribution in [0.1, 0.15) is 47.5 Å². The minimum Gasteiger partial charge on any atom is -0.462 e. The zero-order chi connectivity index (χ0) is 17.5. The van der Waals surface area contributed by atoms with Crippen LogP contribution in [0.2, 0.25) is 0 Å². The van der Waals surface area contributed by atoms with Crippen LogP contribution >= 0.6 is 11.3 Å². The minimum atomic E-state index is -0.349. The first-order chi connectivity index (χ1) is 11.6. The van der Waals surface area contributed by atoms with Crippen LogP contribution in [0.4, 0.5) is 5.00 Å². The van der Waals surface area contributed by atoms with E-state index in [9.17, 15) is 9.59 Å². The zero-order valence-electron chi connectivity index (χ0n) is 14.3. The Kier molecular flexibility index (Phi) is 7.20. The lowest BCUT2D eigenvalue weighted by molar-refractivity contribution is -0.116. The van der Waals surface area contributed by atoms with Gasteiger partial charge in [0.25, 0.3) is 0 Å². The van der Waals surface area contributed by atoms with Crippen molar-refractivity contribution in [3.05, 3.63) is 16.0 Å². The molecule has 1 amide bonds. The Labute approximate surface area is 146 Å². The SMILES string of the molecule is CCOC(=O)c1c(NC(=O)CCNCCO)sc2c1CCC(C)C2. The summed E-state index contributed by atoms with van der Waals surface area (Å²) in [6.45, 7) is 5.31. The lowest BCUT2D eigenvalue weighted by Crippen LogP contribution is -2.24. The van der Waals surface area contributed by atoms with Gasteiger partial charge in [0.1, 0.15) is 5.00 Å². The Morgan fingerprint density at radius 3 is 2.88 bits per heavy atom. The first kappa shape index (κ1) is 18.9. The number of esters is 1. The number of carbonyl (C=O) groups is 2. The normalized spacial score (nSPS) is 16.5. The van der Waals surface area contributed by atoms with Crippen LogP contribution in [-0.2, 0) is 22.4 Å². The third-order valence-corrected chi connectivity index (χ3v) is 5.23. The van der Waals surface area contributed by atoms with E-state index in [0.29, 0.717) is 42.6 Å². The molecule has 0 fully saturated rings. The molecule has 7 heteroatoms. The fourth-order valence-corrected chi connectivity index (χ4v) is 4.27. The smallest absolute Gasteiger partial charge is 0.341 e. The number of nitrogens with one attached hydrogen (secondary N) is 2. The summed E-state index contributed by atoms with van der Waals surface area (Å²) >= 11 is 1.50. The Hall–Kier alpha value is -1.44. The van der Waals surface area contributed by atoms with Gasteiger partial charge in [0.05, 0.1) is 18.8 Å². The highest BCUT2D eigenvalue weighted by atomic mass is 32.1. The van der Waals surface area contributed by atoms with E-state index in [1.165, 1.54) is 16.2 Å². The van der Waals surface area contributed by atoms with Crippen molar-refractivity contribution in [2.75, 3.05) is 31.6 Å². The van der Waals surface area contributed by atoms with E-state index in [1.54, 1.807) is 6.92 Å². The molecule has 134 valence electrons. The van der Waals surface area contributed by atoms with Crippen LogP contribution in [0, 0.1) is 5.92 Å². The molecule has 1 aliphatic carbocycles. The third-order valence-electron chi connectivity index (χ3n) is 4.06. The van der Waals surface area contributed by atoms with Crippen LogP contribution in [0.3, 0.4) is 0 Å². The molecule has 6 nitrogen and oxygen atoms in total. The molecule has 0 aliphatic heterocycles. The van der Waals surface area contributed by atoms with Gasteiger partial charge in [-0.05, 0) is 37.7 Å². The second kappa shape index (κ2) is 9.15. The molecule has 0 spiro atoms. The molecule has 3 N–H and O–H groups in total. The Morgan fingerprint density at radius 1 is 1.38 bits per heavy atom. The summed E-state index contributed by atoms with van der Waals surface area (Å²) in [7, 11) is 0. The van der Waals surface area contributed by atoms with Crippen molar-refractivity contribution in [3.63, 3.8) is 0 Å². The highest BCUT2D eigenvalue weighted by molar-refractivity contribution is 7.17. The van der Waals surface area contributed by atoms with E-state index in [2.05, 4.69) is 17.6 Å². The summed E-state index contributed by atoms with van der Waals surface area (Å²) in [6.07, 6.45) is 3.14. The first-order valence-corrected chi connectivity index (χ1v) is 9.31. The maximum Gasteiger partial charge on any atom is 0.341 e. The van der Waals surface area contributed by atoms with E-state index >= 15 is 0 Å². The van der Waals surface area contributed by atoms with E-state index in [1.807, 2.05) is 0 Å². The van der Waals surface area contributed by atoms with Crippen molar-refractivity contribution in [1.29, 1.82) is 0 Å². The van der Waals surface area contributed by atoms with Crippen molar-refractivity contribution in [2.45, 2.75) is 39.5 Å². The fourth-order valence-electron chi connectivity index (χ4n) is 2.85. The van der Waals surface area contributed by atoms with Gasteiger partial charge in [-0.15, -0.1) is 11.3 Å². The summed E-state index contributed by atoms with van der Waals surface area (Å²) < 4.78 is 5.19. The van der Waals surface area contributed by atoms with Gasteiger partial charge < -0.3 is 20.5 Å². The monoisotopic (exact) mass is 354 g/mol. The number of hydrogen-bond donors (Lipinski definition) is 3. The topological polar surface area (TPSA) is 87.7 Å². The number of carbonyl (C=O) groups excluding carboxylic acids is 2. The molecule has 1 atom stereocenters. The van der Waals surface area contributed by atoms with Gasteiger partial charge in [-0.1, -0.05) is 6.92 Å². The van der Waals surface area contributed by atoms with Gasteiger partial charge in [-0.2, -0.15) is 0 Å². The molecule has 0 saturated carbocycles. The summed E-state index contributed by atoms with van der Waals surface area (Å²) in [5.41, 5.74) is 1.59. The number of rotatable bonds is 8. The third kappa shape index (κ3) is 4.78. The molecule has 1 aromatic rings. The number of aliphatic hydroxyl groups excluding tert-OH is 1. The Balaban J connectivity index is 2.13. The van der Waals surface area contributed by atoms with Gasteiger partial charge in [0.2, 0.25) is 5.91 Å². The second-order valence-corrected chi connectivity index (χ2v) is 7.15. The van der Waals surface area contributed by atoms with Crippen molar-refractivity contribution < 1.29 is 19.4 Å².